The molecular formula is C21H34N2O3S. The van der Waals surface area contributed by atoms with Crippen LogP contribution in [0.15, 0.2) is 47.4 Å². The van der Waals surface area contributed by atoms with Crippen LogP contribution in [-0.2, 0) is 6.42 Å². The summed E-state index contributed by atoms with van der Waals surface area (Å²) in [5, 5.41) is 0. The molecule has 2 aromatic rings. The quantitative estimate of drug-likeness (QED) is 0.568. The molecule has 2 aromatic carbocycles. The van der Waals surface area contributed by atoms with E-state index in [9.17, 15) is 0 Å². The summed E-state index contributed by atoms with van der Waals surface area (Å²) in [6.45, 7) is 3.73. The lowest BCUT2D eigenvalue weighted by Gasteiger charge is -2.14. The summed E-state index contributed by atoms with van der Waals surface area (Å²) in [5.41, 5.74) is 2.39. The van der Waals surface area contributed by atoms with E-state index in [1.165, 1.54) is 23.3 Å². The van der Waals surface area contributed by atoms with Gasteiger partial charge in [-0.15, -0.1) is 0 Å². The minimum absolute atomic E-state index is 0. The first-order valence-corrected chi connectivity index (χ1v) is 9.91. The molecule has 0 amide bonds. The third kappa shape index (κ3) is 8.12. The molecule has 0 aromatic heterocycles. The Morgan fingerprint density at radius 1 is 1.07 bits per heavy atom. The summed E-state index contributed by atoms with van der Waals surface area (Å²) < 4.78 is 14.6. The van der Waals surface area contributed by atoms with Crippen molar-refractivity contribution in [3.8, 4) is 11.5 Å². The fourth-order valence-electron chi connectivity index (χ4n) is 2.41. The maximum atomic E-state index is 5.80. The number of ether oxygens (including phenoxy) is 2. The Kier molecular flexibility index (Phi) is 10.7. The molecule has 0 atom stereocenters. The molecular weight excluding hydrogens is 360 g/mol. The molecule has 0 aliphatic rings. The lowest BCUT2D eigenvalue weighted by atomic mass is 10.1. The Morgan fingerprint density at radius 2 is 1.81 bits per heavy atom. The number of rotatable bonds is 11. The number of benzene rings is 2. The Labute approximate surface area is 169 Å². The van der Waals surface area contributed by atoms with Gasteiger partial charge in [-0.1, -0.05) is 25.5 Å². The standard InChI is InChI=1S/C21H30N2O2S.H2O.H2/c1-5-6-7-17-8-11-19(12-9-17)26-22-18-10-13-20(21(16-18)24-4)25-15-14-23(2)3;;/h8-13,16,22H,5-7,14-15H2,1-4H3;1H2;1H. The summed E-state index contributed by atoms with van der Waals surface area (Å²) in [5.74, 6) is 1.51. The average Bonchev–Trinajstić information content (AvgIpc) is 2.66. The second-order valence-electron chi connectivity index (χ2n) is 6.47. The van der Waals surface area contributed by atoms with E-state index in [0.717, 1.165) is 30.2 Å². The van der Waals surface area contributed by atoms with Crippen LogP contribution in [0.5, 0.6) is 11.5 Å². The normalized spacial score (nSPS) is 10.4. The molecule has 2 rings (SSSR count). The summed E-state index contributed by atoms with van der Waals surface area (Å²) in [6, 6.07) is 14.7. The van der Waals surface area contributed by atoms with E-state index in [4.69, 9.17) is 9.47 Å². The molecule has 0 heterocycles. The first-order chi connectivity index (χ1) is 12.6. The van der Waals surface area contributed by atoms with Crippen LogP contribution in [0.4, 0.5) is 5.69 Å². The molecule has 3 N–H and O–H groups in total. The number of hydrogen-bond acceptors (Lipinski definition) is 5. The van der Waals surface area contributed by atoms with Gasteiger partial charge in [-0.25, -0.2) is 0 Å². The van der Waals surface area contributed by atoms with Crippen molar-refractivity contribution in [3.63, 3.8) is 0 Å². The van der Waals surface area contributed by atoms with Crippen LogP contribution in [0.2, 0.25) is 0 Å². The van der Waals surface area contributed by atoms with Crippen molar-refractivity contribution in [2.75, 3.05) is 39.1 Å². The molecule has 0 radical (unpaired) electrons. The zero-order valence-electron chi connectivity index (χ0n) is 16.7. The van der Waals surface area contributed by atoms with Crippen molar-refractivity contribution < 1.29 is 16.4 Å². The molecule has 0 unspecified atom stereocenters. The van der Waals surface area contributed by atoms with Crippen molar-refractivity contribution in [2.24, 2.45) is 0 Å². The molecule has 0 saturated heterocycles. The largest absolute Gasteiger partial charge is 0.493 e. The lowest BCUT2D eigenvalue weighted by Crippen LogP contribution is -2.19. The third-order valence-electron chi connectivity index (χ3n) is 3.99. The van der Waals surface area contributed by atoms with Gasteiger partial charge in [0.15, 0.2) is 11.5 Å². The molecule has 0 fully saturated rings. The number of hydrogen-bond donors (Lipinski definition) is 1. The van der Waals surface area contributed by atoms with Crippen LogP contribution in [0.25, 0.3) is 0 Å². The van der Waals surface area contributed by atoms with E-state index < -0.39 is 0 Å². The van der Waals surface area contributed by atoms with Crippen molar-refractivity contribution >= 4 is 17.6 Å². The SMILES string of the molecule is CCCCc1ccc(SNc2ccc(OCCN(C)C)c(OC)c2)cc1.O.[HH]. The molecule has 6 heteroatoms. The average molecular weight is 395 g/mol. The number of unbranched alkanes of at least 4 members (excludes halogenated alkanes) is 1. The van der Waals surface area contributed by atoms with E-state index in [1.54, 1.807) is 19.1 Å². The zero-order valence-corrected chi connectivity index (χ0v) is 17.6. The maximum Gasteiger partial charge on any atom is 0.162 e. The highest BCUT2D eigenvalue weighted by Crippen LogP contribution is 2.32. The molecule has 0 spiro atoms. The predicted octanol–water partition coefficient (Wildman–Crippen LogP) is 4.52. The van der Waals surface area contributed by atoms with Gasteiger partial charge in [0.1, 0.15) is 6.61 Å². The molecule has 0 bridgehead atoms. The Morgan fingerprint density at radius 3 is 2.44 bits per heavy atom. The van der Waals surface area contributed by atoms with Crippen LogP contribution >= 0.6 is 11.9 Å². The number of likely N-dealkylation sites (N-methyl/N-ethyl adjacent to an activating group) is 1. The van der Waals surface area contributed by atoms with E-state index in [0.29, 0.717) is 6.61 Å². The summed E-state index contributed by atoms with van der Waals surface area (Å²) in [4.78, 5) is 3.28. The van der Waals surface area contributed by atoms with Gasteiger partial charge in [0, 0.05) is 24.6 Å². The fraction of sp³-hybridized carbons (Fsp3) is 0.429. The third-order valence-corrected chi connectivity index (χ3v) is 4.83. The Hall–Kier alpha value is -1.89. The molecule has 5 nitrogen and oxygen atoms in total. The van der Waals surface area contributed by atoms with Gasteiger partial charge in [-0.2, -0.15) is 0 Å². The highest BCUT2D eigenvalue weighted by atomic mass is 32.2. The Balaban J connectivity index is 0.00000364. The molecule has 0 aliphatic heterocycles. The van der Waals surface area contributed by atoms with Gasteiger partial charge < -0.3 is 24.6 Å². The monoisotopic (exact) mass is 394 g/mol. The van der Waals surface area contributed by atoms with Gasteiger partial charge >= 0.3 is 0 Å². The number of nitrogens with zero attached hydrogens (tertiary/aromatic N) is 1. The predicted molar refractivity (Wildman–Crippen MR) is 117 cm³/mol. The number of anilines is 1. The van der Waals surface area contributed by atoms with E-state index in [1.807, 2.05) is 32.3 Å². The van der Waals surface area contributed by atoms with Crippen molar-refractivity contribution in [2.45, 2.75) is 31.1 Å². The minimum Gasteiger partial charge on any atom is -0.493 e. The van der Waals surface area contributed by atoms with Crippen molar-refractivity contribution in [1.29, 1.82) is 0 Å². The van der Waals surface area contributed by atoms with Gasteiger partial charge in [-0.3, -0.25) is 0 Å². The number of methoxy groups -OCH3 is 1. The maximum absolute atomic E-state index is 5.80. The minimum atomic E-state index is 0. The zero-order chi connectivity index (χ0) is 18.8. The highest BCUT2D eigenvalue weighted by molar-refractivity contribution is 8.00. The second kappa shape index (κ2) is 12.5. The van der Waals surface area contributed by atoms with Crippen LogP contribution in [0, 0.1) is 0 Å². The van der Waals surface area contributed by atoms with Crippen LogP contribution in [-0.4, -0.2) is 44.7 Å². The van der Waals surface area contributed by atoms with Crippen LogP contribution < -0.4 is 14.2 Å². The van der Waals surface area contributed by atoms with Crippen LogP contribution in [0.3, 0.4) is 0 Å². The van der Waals surface area contributed by atoms with Crippen LogP contribution in [0.1, 0.15) is 26.8 Å². The van der Waals surface area contributed by atoms with Gasteiger partial charge in [-0.05, 0) is 68.7 Å². The number of aryl methyl sites for hydroxylation is 1. The molecule has 0 saturated carbocycles. The molecule has 27 heavy (non-hydrogen) atoms. The smallest absolute Gasteiger partial charge is 0.162 e. The van der Waals surface area contributed by atoms with E-state index in [2.05, 4.69) is 40.8 Å². The van der Waals surface area contributed by atoms with E-state index >= 15 is 0 Å². The molecule has 152 valence electrons. The Bertz CT molecular complexity index is 669. The van der Waals surface area contributed by atoms with E-state index in [-0.39, 0.29) is 6.90 Å². The van der Waals surface area contributed by atoms with Gasteiger partial charge in [0.05, 0.1) is 7.11 Å². The lowest BCUT2D eigenvalue weighted by molar-refractivity contribution is 0.251. The first kappa shape index (κ1) is 23.1. The second-order valence-corrected chi connectivity index (χ2v) is 7.35. The summed E-state index contributed by atoms with van der Waals surface area (Å²) >= 11 is 1.60. The van der Waals surface area contributed by atoms with Crippen molar-refractivity contribution in [1.82, 2.24) is 4.90 Å². The first-order valence-electron chi connectivity index (χ1n) is 9.09. The number of nitrogens with one attached hydrogen (secondary N) is 1. The van der Waals surface area contributed by atoms with Crippen molar-refractivity contribution in [3.05, 3.63) is 48.0 Å². The summed E-state index contributed by atoms with van der Waals surface area (Å²) in [7, 11) is 5.72. The van der Waals surface area contributed by atoms with Gasteiger partial charge in [0.2, 0.25) is 0 Å². The molecule has 0 aliphatic carbocycles. The topological polar surface area (TPSA) is 65.2 Å². The summed E-state index contributed by atoms with van der Waals surface area (Å²) in [6.07, 6.45) is 3.63. The van der Waals surface area contributed by atoms with Gasteiger partial charge in [0.25, 0.3) is 0 Å². The highest BCUT2D eigenvalue weighted by Gasteiger charge is 2.06. The fourth-order valence-corrected chi connectivity index (χ4v) is 3.05.